The van der Waals surface area contributed by atoms with Crippen LogP contribution in [0.25, 0.3) is 11.1 Å². The largest absolute Gasteiger partial charge is 0.416 e. The summed E-state index contributed by atoms with van der Waals surface area (Å²) in [6.45, 7) is -16.2. The zero-order valence-electron chi connectivity index (χ0n) is 54.9. The zero-order chi connectivity index (χ0) is 62.2. The van der Waals surface area contributed by atoms with Gasteiger partial charge in [-0.3, -0.25) is 4.79 Å². The van der Waals surface area contributed by atoms with Crippen molar-refractivity contribution in [1.82, 2.24) is 9.80 Å². The van der Waals surface area contributed by atoms with Crippen LogP contribution >= 0.6 is 11.8 Å². The molecule has 0 radical (unpaired) electrons. The van der Waals surface area contributed by atoms with Crippen LogP contribution in [0.3, 0.4) is 0 Å². The van der Waals surface area contributed by atoms with Gasteiger partial charge in [0.1, 0.15) is 12.6 Å². The van der Waals surface area contributed by atoms with Crippen molar-refractivity contribution in [3.05, 3.63) is 135 Å². The highest BCUT2D eigenvalue weighted by atomic mass is 32.2. The number of aliphatic hydroxyl groups is 1. The minimum atomic E-state index is -5.51. The van der Waals surface area contributed by atoms with Gasteiger partial charge in [-0.25, -0.2) is 8.78 Å². The summed E-state index contributed by atoms with van der Waals surface area (Å²) in [4.78, 5) is 16.1. The topological polar surface area (TPSA) is 56.3 Å². The van der Waals surface area contributed by atoms with E-state index in [2.05, 4.69) is 4.74 Å². The van der Waals surface area contributed by atoms with Gasteiger partial charge < -0.3 is 24.5 Å². The van der Waals surface area contributed by atoms with E-state index in [-0.39, 0.29) is 9.80 Å². The van der Waals surface area contributed by atoms with Crippen LogP contribution < -0.4 is 4.90 Å². The summed E-state index contributed by atoms with van der Waals surface area (Å²) in [6.07, 6.45) is -9.80. The molecule has 1 fully saturated rings. The predicted octanol–water partition coefficient (Wildman–Crippen LogP) is 8.73. The molecule has 2 aliphatic heterocycles. The molecular weight excluding hydrogens is 710 g/mol. The molecule has 6 nitrogen and oxygen atoms in total. The Morgan fingerprint density at radius 3 is 2.42 bits per heavy atom. The Balaban J connectivity index is 1.66. The smallest absolute Gasteiger partial charge is 0.384 e. The van der Waals surface area contributed by atoms with Crippen molar-refractivity contribution in [3.63, 3.8) is 0 Å². The van der Waals surface area contributed by atoms with Crippen LogP contribution in [0.4, 0.5) is 27.6 Å². The minimum Gasteiger partial charge on any atom is -0.384 e. The molecule has 0 aromatic heterocycles. The Hall–Kier alpha value is -4.23. The number of hydrogen-bond acceptors (Lipinski definition) is 6. The quantitative estimate of drug-likeness (QED) is 0.145. The summed E-state index contributed by atoms with van der Waals surface area (Å²) in [7, 11) is -3.55. The molecule has 0 saturated carbocycles. The molecule has 6 rings (SSSR count). The van der Waals surface area contributed by atoms with E-state index in [0.717, 1.165) is 6.92 Å². The predicted molar refractivity (Wildman–Crippen MR) is 198 cm³/mol. The second-order valence-corrected chi connectivity index (χ2v) is 11.8. The first-order chi connectivity index (χ1) is 36.6. The third-order valence-electron chi connectivity index (χ3n) is 7.45. The van der Waals surface area contributed by atoms with Crippen LogP contribution in [0.2, 0.25) is 0 Å². The molecule has 12 heteroatoms. The number of anilines is 1. The fraction of sp³-hybridized carbons (Fsp3) is 0.341. The van der Waals surface area contributed by atoms with Crippen LogP contribution in [0.5, 0.6) is 0 Å². The van der Waals surface area contributed by atoms with E-state index in [1.54, 1.807) is 0 Å². The van der Waals surface area contributed by atoms with Gasteiger partial charge in [0.15, 0.2) is 11.6 Å². The molecule has 1 unspecified atom stereocenters. The van der Waals surface area contributed by atoms with Crippen molar-refractivity contribution < 1.29 is 75.0 Å². The molecule has 1 amide bonds. The molecule has 2 heterocycles. The van der Waals surface area contributed by atoms with Gasteiger partial charge in [0.05, 0.1) is 50.0 Å². The summed E-state index contributed by atoms with van der Waals surface area (Å²) in [5.41, 5.74) is -14.2. The number of carbonyl (C=O) groups is 1. The van der Waals surface area contributed by atoms with E-state index < -0.39 is 253 Å². The highest BCUT2D eigenvalue weighted by molar-refractivity contribution is 8.02. The Bertz CT molecular complexity index is 3230. The van der Waals surface area contributed by atoms with Gasteiger partial charge in [0.2, 0.25) is 5.91 Å². The van der Waals surface area contributed by atoms with Gasteiger partial charge in [-0.05, 0) is 66.7 Å². The molecule has 0 aliphatic carbocycles. The van der Waals surface area contributed by atoms with E-state index in [0.29, 0.717) is 4.90 Å². The number of aliphatic hydroxyl groups excluding tert-OH is 1. The van der Waals surface area contributed by atoms with Crippen molar-refractivity contribution in [2.24, 2.45) is 0 Å². The van der Waals surface area contributed by atoms with Gasteiger partial charge in [-0.15, -0.1) is 11.8 Å². The molecule has 4 aromatic carbocycles. The fourth-order valence-corrected chi connectivity index (χ4v) is 5.67. The lowest BCUT2D eigenvalue weighted by molar-refractivity contribution is -0.137. The van der Waals surface area contributed by atoms with Gasteiger partial charge in [-0.1, -0.05) is 66.0 Å². The van der Waals surface area contributed by atoms with Gasteiger partial charge in [0, 0.05) is 67.2 Å². The third-order valence-corrected chi connectivity index (χ3v) is 8.25. The molecule has 1 atom stereocenters. The fourth-order valence-electron chi connectivity index (χ4n) is 4.94. The van der Waals surface area contributed by atoms with Crippen molar-refractivity contribution >= 4 is 23.4 Å². The summed E-state index contributed by atoms with van der Waals surface area (Å²) in [5, 5.41) is 10.2. The number of ether oxygens (including phenoxy) is 1. The summed E-state index contributed by atoms with van der Waals surface area (Å²) >= 11 is -0.600. The normalized spacial score (nSPS) is 26.1. The second-order valence-electron chi connectivity index (χ2n) is 11.0. The number of likely N-dealkylation sites (tertiary alicyclic amines) is 1. The SMILES string of the molecule is [2H]C1=C(SC([2H])([2H])c2c([2H])c([2H])c([2H])c(F)c2F)N(C([2H])([2H])C(=O)N(C2CCN(C([2H])([2H])C([2H])([2H])OC([2H])([2H])[2H])CC2)C([2H])([2H])c2c([2H])c([2H])c(-c3c([2H])c([2H])c(C(F)(F)F)c([2H])c3[2H])c([2H])c2[2H])c2c([2H])c([2H])c(C)c([2H])c2C1O. The first kappa shape index (κ1) is 16.6. The van der Waals surface area contributed by atoms with E-state index >= 15 is 13.6 Å². The first-order valence-corrected chi connectivity index (χ1v) is 15.9. The molecule has 1 N–H and O–H groups in total. The van der Waals surface area contributed by atoms with Crippen molar-refractivity contribution in [2.45, 2.75) is 50.3 Å². The first-order valence-electron chi connectivity index (χ1n) is 29.1. The molecule has 4 aromatic rings. The van der Waals surface area contributed by atoms with Crippen molar-refractivity contribution in [2.75, 3.05) is 44.6 Å². The van der Waals surface area contributed by atoms with Crippen LogP contribution in [0.15, 0.2) is 95.7 Å². The maximum Gasteiger partial charge on any atom is 0.416 e. The molecular formula is C41H42F5N3O3S. The number of alkyl halides is 3. The Morgan fingerprint density at radius 1 is 1.04 bits per heavy atom. The second kappa shape index (κ2) is 16.8. The number of carbonyl (C=O) groups excluding carboxylic acids is 1. The number of rotatable bonds is 12. The standard InChI is InChI=1S/C41H42F5N3O3S/c1-27-6-15-36-34(22-27)37(50)23-39(53-26-31-4-3-5-35(42)40(31)43)49(36)25-38(51)48(33-16-18-47(19-17-33)20-21-52-2)24-28-7-9-29(10-8-28)30-11-13-32(14-12-30)41(44,45)46/h3-15,22-23,33,37,50H,16-21,24-26H2,1-2H3/i2D3,3D,4D,5D,6D,7D,8D,9D,10D,11D,12D,13D,14D,15D,20D2,21D2,22D,23D,24D2,25D2,26D2. The number of nitrogens with zero attached hydrogens (tertiary/aromatic N) is 3. The highest BCUT2D eigenvalue weighted by Crippen LogP contribution is 2.41. The van der Waals surface area contributed by atoms with Crippen LogP contribution in [-0.2, 0) is 27.9 Å². The highest BCUT2D eigenvalue weighted by Gasteiger charge is 2.33. The minimum absolute atomic E-state index is 0.124. The number of thioether (sulfide) groups is 1. The van der Waals surface area contributed by atoms with Crippen LogP contribution in [-0.4, -0.2) is 66.5 Å². The Morgan fingerprint density at radius 2 is 1.74 bits per heavy atom. The number of hydrogen-bond donors (Lipinski definition) is 1. The van der Waals surface area contributed by atoms with Crippen LogP contribution in [0, 0.1) is 18.6 Å². The number of piperidine rings is 1. The number of amides is 1. The molecule has 0 spiro atoms. The van der Waals surface area contributed by atoms with E-state index in [1.165, 1.54) is 0 Å². The van der Waals surface area contributed by atoms with Gasteiger partial charge in [0.25, 0.3) is 0 Å². The molecule has 0 bridgehead atoms. The summed E-state index contributed by atoms with van der Waals surface area (Å²) in [6, 6.07) is -23.7. The lowest BCUT2D eigenvalue weighted by Crippen LogP contribution is -2.50. The molecule has 53 heavy (non-hydrogen) atoms. The number of fused-ring (bicyclic) bond motifs is 1. The lowest BCUT2D eigenvalue weighted by atomic mass is 9.99. The van der Waals surface area contributed by atoms with Crippen LogP contribution in [0.1, 0.15) is 85.1 Å². The van der Waals surface area contributed by atoms with E-state index in [9.17, 15) is 23.8 Å². The molecule has 2 aliphatic rings. The number of methoxy groups -OCH3 is 1. The average Bonchev–Trinajstić information content (AvgIpc) is 3.47. The zero-order valence-corrected chi connectivity index (χ0v) is 27.7. The van der Waals surface area contributed by atoms with E-state index in [4.69, 9.17) is 32.9 Å². The van der Waals surface area contributed by atoms with Crippen molar-refractivity contribution in [3.8, 4) is 11.1 Å². The van der Waals surface area contributed by atoms with Crippen molar-refractivity contribution in [1.29, 1.82) is 0 Å². The monoisotopic (exact) mass is 779 g/mol. The maximum atomic E-state index is 15.7. The van der Waals surface area contributed by atoms with E-state index in [1.807, 2.05) is 0 Å². The lowest BCUT2D eigenvalue weighted by Gasteiger charge is -2.40. The average molecular weight is 780 g/mol. The molecule has 1 saturated heterocycles. The maximum absolute atomic E-state index is 15.7. The van der Waals surface area contributed by atoms with Gasteiger partial charge >= 0.3 is 6.18 Å². The Labute approximate surface area is 350 Å². The summed E-state index contributed by atoms with van der Waals surface area (Å²) in [5.74, 6) is -6.77. The molecule has 280 valence electrons. The third kappa shape index (κ3) is 9.29. The summed E-state index contributed by atoms with van der Waals surface area (Å²) < 4.78 is 317. The van der Waals surface area contributed by atoms with Gasteiger partial charge in [-0.2, -0.15) is 13.2 Å². The Kier molecular flexibility index (Phi) is 5.29. The number of halogens is 5. The number of benzene rings is 4.